The number of anilines is 1. The van der Waals surface area contributed by atoms with E-state index in [0.29, 0.717) is 12.4 Å². The van der Waals surface area contributed by atoms with Crippen molar-refractivity contribution in [1.29, 1.82) is 0 Å². The molecule has 6 nitrogen and oxygen atoms in total. The Balaban J connectivity index is 0.00000324. The number of aromatic nitrogens is 2. The van der Waals surface area contributed by atoms with Gasteiger partial charge in [-0.25, -0.2) is 4.99 Å². The summed E-state index contributed by atoms with van der Waals surface area (Å²) in [4.78, 5) is 5.25. The largest absolute Gasteiger partial charge is 0.363 e. The first-order chi connectivity index (χ1) is 22.8. The summed E-state index contributed by atoms with van der Waals surface area (Å²) in [5.74, 6) is 1.52. The molecule has 0 amide bonds. The first-order valence-corrected chi connectivity index (χ1v) is 15.5. The molecule has 1 aliphatic heterocycles. The van der Waals surface area contributed by atoms with Crippen molar-refractivity contribution in [3.8, 4) is 5.69 Å². The Bertz CT molecular complexity index is 2460. The van der Waals surface area contributed by atoms with Crippen molar-refractivity contribution < 1.29 is 0 Å². The second-order valence-corrected chi connectivity index (χ2v) is 11.5. The summed E-state index contributed by atoms with van der Waals surface area (Å²) in [5, 5.41) is 12.0. The minimum atomic E-state index is 0. The summed E-state index contributed by atoms with van der Waals surface area (Å²) in [6.45, 7) is 0.604. The SMILES string of the molecule is I.c1ccc(NC2=C(Nn3c4ccccc4c4ccc5c(c6ccccc6n5-c5ccccc5)c43)N=C(c3ccccc3)CN2)cc1. The number of hydrogen-bond acceptors (Lipinski definition) is 4. The highest BCUT2D eigenvalue weighted by Crippen LogP contribution is 2.40. The number of nitrogens with one attached hydrogen (secondary N) is 3. The van der Waals surface area contributed by atoms with Crippen LogP contribution >= 0.6 is 24.0 Å². The fourth-order valence-corrected chi connectivity index (χ4v) is 6.72. The van der Waals surface area contributed by atoms with E-state index in [-0.39, 0.29) is 24.0 Å². The van der Waals surface area contributed by atoms with Crippen LogP contribution in [0.4, 0.5) is 5.69 Å². The standard InChI is InChI=1S/C40H30N6.HI/c1-4-14-27(15-5-1)33-26-41-39(42-28-16-6-2-7-17-28)40(43-33)44-46-35-23-13-10-20-30(35)31-24-25-36-37(38(31)46)32-21-11-12-22-34(32)45(36)29-18-8-3-9-19-29;/h1-25,41-42,44H,26H2;1H. The minimum Gasteiger partial charge on any atom is -0.363 e. The number of aliphatic imine (C=N–C) groups is 1. The molecule has 9 rings (SSSR count). The van der Waals surface area contributed by atoms with Crippen LogP contribution in [0, 0.1) is 0 Å². The monoisotopic (exact) mass is 722 g/mol. The molecule has 2 aromatic heterocycles. The number of hydrogen-bond donors (Lipinski definition) is 3. The zero-order valence-corrected chi connectivity index (χ0v) is 27.7. The molecule has 0 spiro atoms. The van der Waals surface area contributed by atoms with Gasteiger partial charge >= 0.3 is 0 Å². The van der Waals surface area contributed by atoms with E-state index in [2.05, 4.69) is 153 Å². The first kappa shape index (κ1) is 28.9. The van der Waals surface area contributed by atoms with E-state index < -0.39 is 0 Å². The molecule has 6 aromatic carbocycles. The maximum absolute atomic E-state index is 5.25. The Morgan fingerprint density at radius 3 is 1.98 bits per heavy atom. The van der Waals surface area contributed by atoms with Crippen molar-refractivity contribution >= 4 is 79.0 Å². The van der Waals surface area contributed by atoms with E-state index in [1.165, 1.54) is 27.1 Å². The number of halogens is 1. The van der Waals surface area contributed by atoms with Crippen LogP contribution in [-0.4, -0.2) is 21.5 Å². The van der Waals surface area contributed by atoms with E-state index in [9.17, 15) is 0 Å². The van der Waals surface area contributed by atoms with Gasteiger partial charge in [0.1, 0.15) is 5.82 Å². The van der Waals surface area contributed by atoms with Crippen LogP contribution in [0.15, 0.2) is 168 Å². The topological polar surface area (TPSA) is 58.3 Å². The van der Waals surface area contributed by atoms with Crippen LogP contribution in [0.25, 0.3) is 49.3 Å². The van der Waals surface area contributed by atoms with Gasteiger partial charge < -0.3 is 15.2 Å². The zero-order valence-electron chi connectivity index (χ0n) is 25.4. The van der Waals surface area contributed by atoms with Gasteiger partial charge in [0.05, 0.1) is 34.3 Å². The van der Waals surface area contributed by atoms with Gasteiger partial charge in [-0.05, 0) is 54.1 Å². The predicted octanol–water partition coefficient (Wildman–Crippen LogP) is 9.38. The summed E-state index contributed by atoms with van der Waals surface area (Å²) >= 11 is 0. The fraction of sp³-hybridized carbons (Fsp3) is 0.0250. The van der Waals surface area contributed by atoms with Crippen molar-refractivity contribution in [3.05, 3.63) is 169 Å². The summed E-state index contributed by atoms with van der Waals surface area (Å²) in [6.07, 6.45) is 0. The lowest BCUT2D eigenvalue weighted by atomic mass is 10.1. The number of fused-ring (bicyclic) bond motifs is 7. The molecule has 0 atom stereocenters. The number of para-hydroxylation sites is 4. The summed E-state index contributed by atoms with van der Waals surface area (Å²) < 4.78 is 4.58. The molecule has 0 bridgehead atoms. The van der Waals surface area contributed by atoms with E-state index >= 15 is 0 Å². The third-order valence-electron chi connectivity index (χ3n) is 8.77. The lowest BCUT2D eigenvalue weighted by molar-refractivity contribution is 0.849. The van der Waals surface area contributed by atoms with Gasteiger partial charge in [-0.15, -0.1) is 24.0 Å². The Hall–Kier alpha value is -5.54. The molecule has 8 aromatic rings. The minimum absolute atomic E-state index is 0. The molecule has 3 N–H and O–H groups in total. The Kier molecular flexibility index (Phi) is 7.38. The Morgan fingerprint density at radius 1 is 0.574 bits per heavy atom. The van der Waals surface area contributed by atoms with E-state index in [1.54, 1.807) is 0 Å². The normalized spacial score (nSPS) is 13.1. The number of benzene rings is 6. The van der Waals surface area contributed by atoms with Gasteiger partial charge in [0.15, 0.2) is 5.82 Å². The van der Waals surface area contributed by atoms with E-state index in [1.807, 2.05) is 24.3 Å². The lowest BCUT2D eigenvalue weighted by Gasteiger charge is -2.24. The van der Waals surface area contributed by atoms with E-state index in [0.717, 1.165) is 45.0 Å². The maximum Gasteiger partial charge on any atom is 0.186 e. The summed E-state index contributed by atoms with van der Waals surface area (Å²) in [5.41, 5.74) is 12.5. The molecule has 0 saturated heterocycles. The van der Waals surface area contributed by atoms with Crippen LogP contribution < -0.4 is 16.1 Å². The van der Waals surface area contributed by atoms with Gasteiger partial charge in [0.25, 0.3) is 0 Å². The molecular weight excluding hydrogens is 691 g/mol. The molecule has 0 fully saturated rings. The molecule has 0 aliphatic carbocycles. The van der Waals surface area contributed by atoms with Crippen LogP contribution in [0.3, 0.4) is 0 Å². The third-order valence-corrected chi connectivity index (χ3v) is 8.77. The van der Waals surface area contributed by atoms with Crippen molar-refractivity contribution in [2.45, 2.75) is 0 Å². The molecule has 47 heavy (non-hydrogen) atoms. The molecule has 0 saturated carbocycles. The average Bonchev–Trinajstić information content (AvgIpc) is 3.63. The Labute approximate surface area is 289 Å². The van der Waals surface area contributed by atoms with Crippen LogP contribution in [-0.2, 0) is 0 Å². The van der Waals surface area contributed by atoms with Gasteiger partial charge in [0.2, 0.25) is 0 Å². The molecule has 0 radical (unpaired) electrons. The van der Waals surface area contributed by atoms with Crippen molar-refractivity contribution in [2.75, 3.05) is 17.3 Å². The van der Waals surface area contributed by atoms with Gasteiger partial charge in [0, 0.05) is 32.9 Å². The molecular formula is C40H31IN6. The molecule has 7 heteroatoms. The van der Waals surface area contributed by atoms with Crippen LogP contribution in [0.5, 0.6) is 0 Å². The third kappa shape index (κ3) is 4.90. The molecule has 228 valence electrons. The van der Waals surface area contributed by atoms with Gasteiger partial charge in [-0.2, -0.15) is 0 Å². The smallest absolute Gasteiger partial charge is 0.186 e. The zero-order chi connectivity index (χ0) is 30.5. The molecule has 0 unspecified atom stereocenters. The lowest BCUT2D eigenvalue weighted by Crippen LogP contribution is -2.35. The van der Waals surface area contributed by atoms with Crippen molar-refractivity contribution in [3.63, 3.8) is 0 Å². The van der Waals surface area contributed by atoms with Gasteiger partial charge in [-0.3, -0.25) is 10.1 Å². The highest BCUT2D eigenvalue weighted by Gasteiger charge is 2.22. The number of nitrogens with zero attached hydrogens (tertiary/aromatic N) is 3. The average molecular weight is 723 g/mol. The second-order valence-electron chi connectivity index (χ2n) is 11.5. The van der Waals surface area contributed by atoms with Crippen molar-refractivity contribution in [2.24, 2.45) is 4.99 Å². The maximum atomic E-state index is 5.25. The quantitative estimate of drug-likeness (QED) is 0.150. The summed E-state index contributed by atoms with van der Waals surface area (Å²) in [7, 11) is 0. The first-order valence-electron chi connectivity index (χ1n) is 15.5. The summed E-state index contributed by atoms with van der Waals surface area (Å²) in [6, 6.07) is 52.9. The van der Waals surface area contributed by atoms with Crippen molar-refractivity contribution in [1.82, 2.24) is 14.6 Å². The molecule has 1 aliphatic rings. The second kappa shape index (κ2) is 12.0. The predicted molar refractivity (Wildman–Crippen MR) is 207 cm³/mol. The highest BCUT2D eigenvalue weighted by molar-refractivity contribution is 14.0. The van der Waals surface area contributed by atoms with E-state index in [4.69, 9.17) is 4.99 Å². The van der Waals surface area contributed by atoms with Crippen LogP contribution in [0.1, 0.15) is 5.56 Å². The molecule has 3 heterocycles. The van der Waals surface area contributed by atoms with Gasteiger partial charge in [-0.1, -0.05) is 103 Å². The Morgan fingerprint density at radius 2 is 1.21 bits per heavy atom. The highest BCUT2D eigenvalue weighted by atomic mass is 127. The fourth-order valence-electron chi connectivity index (χ4n) is 6.72. The number of rotatable bonds is 6. The van der Waals surface area contributed by atoms with Crippen LogP contribution in [0.2, 0.25) is 0 Å².